The average molecular weight is 296 g/mol. The zero-order chi connectivity index (χ0) is 15.9. The van der Waals surface area contributed by atoms with Crippen molar-refractivity contribution >= 4 is 5.96 Å². The molecule has 0 bridgehead atoms. The van der Waals surface area contributed by atoms with Gasteiger partial charge in [0, 0.05) is 25.8 Å². The van der Waals surface area contributed by atoms with Gasteiger partial charge in [0.25, 0.3) is 0 Å². The van der Waals surface area contributed by atoms with Crippen molar-refractivity contribution in [1.29, 1.82) is 0 Å². The Morgan fingerprint density at radius 3 is 2.57 bits per heavy atom. The van der Waals surface area contributed by atoms with Crippen LogP contribution in [0.4, 0.5) is 0 Å². The molecule has 0 aliphatic carbocycles. The van der Waals surface area contributed by atoms with Gasteiger partial charge in [0.1, 0.15) is 5.76 Å². The highest BCUT2D eigenvalue weighted by Gasteiger charge is 2.15. The lowest BCUT2D eigenvalue weighted by molar-refractivity contribution is 0.0310. The van der Waals surface area contributed by atoms with Crippen LogP contribution in [0.5, 0.6) is 0 Å². The first-order chi connectivity index (χ1) is 9.89. The van der Waals surface area contributed by atoms with E-state index in [4.69, 9.17) is 9.26 Å². The van der Waals surface area contributed by atoms with Crippen LogP contribution in [0.3, 0.4) is 0 Å². The molecule has 0 unspecified atom stereocenters. The largest absolute Gasteiger partial charge is 0.377 e. The van der Waals surface area contributed by atoms with E-state index in [0.29, 0.717) is 6.54 Å². The third kappa shape index (κ3) is 5.75. The maximum absolute atomic E-state index is 5.38. The highest BCUT2D eigenvalue weighted by atomic mass is 16.5. The number of methoxy groups -OCH3 is 1. The van der Waals surface area contributed by atoms with Gasteiger partial charge in [0.05, 0.1) is 17.8 Å². The average Bonchev–Trinajstić information content (AvgIpc) is 2.76. The summed E-state index contributed by atoms with van der Waals surface area (Å²) in [5.41, 5.74) is 1.86. The first kappa shape index (κ1) is 17.5. The van der Waals surface area contributed by atoms with Gasteiger partial charge in [-0.15, -0.1) is 0 Å². The number of aromatic nitrogens is 1. The molecule has 0 fully saturated rings. The Hall–Kier alpha value is -1.56. The molecule has 6 nitrogen and oxygen atoms in total. The first-order valence-corrected chi connectivity index (χ1v) is 7.38. The van der Waals surface area contributed by atoms with Gasteiger partial charge in [-0.3, -0.25) is 4.99 Å². The van der Waals surface area contributed by atoms with Crippen molar-refractivity contribution in [2.75, 3.05) is 26.7 Å². The molecule has 0 aliphatic heterocycles. The van der Waals surface area contributed by atoms with E-state index in [0.717, 1.165) is 42.5 Å². The van der Waals surface area contributed by atoms with Gasteiger partial charge in [-0.05, 0) is 41.0 Å². The van der Waals surface area contributed by atoms with E-state index in [1.165, 1.54) is 0 Å². The first-order valence-electron chi connectivity index (χ1n) is 7.38. The highest BCUT2D eigenvalue weighted by molar-refractivity contribution is 5.79. The molecule has 1 rings (SSSR count). The fourth-order valence-electron chi connectivity index (χ4n) is 1.84. The molecule has 0 atom stereocenters. The van der Waals surface area contributed by atoms with Crippen molar-refractivity contribution in [2.24, 2.45) is 4.99 Å². The van der Waals surface area contributed by atoms with E-state index < -0.39 is 0 Å². The van der Waals surface area contributed by atoms with Crippen molar-refractivity contribution in [1.82, 2.24) is 15.8 Å². The topological polar surface area (TPSA) is 71.7 Å². The smallest absolute Gasteiger partial charge is 0.191 e. The normalized spacial score (nSPS) is 12.6. The quantitative estimate of drug-likeness (QED) is 0.593. The monoisotopic (exact) mass is 296 g/mol. The van der Waals surface area contributed by atoms with Crippen LogP contribution in [0.2, 0.25) is 0 Å². The van der Waals surface area contributed by atoms with E-state index in [1.807, 2.05) is 34.6 Å². The Kier molecular flexibility index (Phi) is 6.68. The third-order valence-corrected chi connectivity index (χ3v) is 3.36. The summed E-state index contributed by atoms with van der Waals surface area (Å²) in [6.07, 6.45) is 0.860. The summed E-state index contributed by atoms with van der Waals surface area (Å²) in [7, 11) is 1.70. The molecular weight excluding hydrogens is 268 g/mol. The molecule has 6 heteroatoms. The summed E-state index contributed by atoms with van der Waals surface area (Å²) in [5.74, 6) is 1.69. The molecule has 0 saturated carbocycles. The Labute approximate surface area is 127 Å². The molecule has 0 amide bonds. The van der Waals surface area contributed by atoms with Crippen molar-refractivity contribution in [3.8, 4) is 0 Å². The van der Waals surface area contributed by atoms with Crippen LogP contribution in [-0.4, -0.2) is 43.5 Å². The number of rotatable bonds is 7. The second-order valence-corrected chi connectivity index (χ2v) is 5.64. The number of aliphatic imine (C=N–C) groups is 1. The summed E-state index contributed by atoms with van der Waals surface area (Å²) in [6, 6.07) is 0. The number of nitrogens with zero attached hydrogens (tertiary/aromatic N) is 2. The number of hydrogen-bond acceptors (Lipinski definition) is 4. The third-order valence-electron chi connectivity index (χ3n) is 3.36. The molecule has 0 aliphatic rings. The Bertz CT molecular complexity index is 447. The minimum absolute atomic E-state index is 0.260. The molecule has 0 radical (unpaired) electrons. The lowest BCUT2D eigenvalue weighted by Crippen LogP contribution is -2.40. The molecule has 0 saturated heterocycles. The summed E-state index contributed by atoms with van der Waals surface area (Å²) in [5, 5.41) is 10.5. The SMILES string of the molecule is CCNC(=NCC(C)(C)OC)NCCc1c(C)noc1C. The van der Waals surface area contributed by atoms with Crippen LogP contribution in [-0.2, 0) is 11.2 Å². The molecule has 2 N–H and O–H groups in total. The Balaban J connectivity index is 2.53. The lowest BCUT2D eigenvalue weighted by atomic mass is 10.1. The minimum Gasteiger partial charge on any atom is -0.377 e. The van der Waals surface area contributed by atoms with Gasteiger partial charge in [0.15, 0.2) is 5.96 Å². The number of aryl methyl sites for hydroxylation is 2. The van der Waals surface area contributed by atoms with Gasteiger partial charge in [0.2, 0.25) is 0 Å². The van der Waals surface area contributed by atoms with Crippen LogP contribution < -0.4 is 10.6 Å². The minimum atomic E-state index is -0.260. The van der Waals surface area contributed by atoms with E-state index >= 15 is 0 Å². The summed E-state index contributed by atoms with van der Waals surface area (Å²) >= 11 is 0. The van der Waals surface area contributed by atoms with Gasteiger partial charge >= 0.3 is 0 Å². The number of nitrogens with one attached hydrogen (secondary N) is 2. The predicted octanol–water partition coefficient (Wildman–Crippen LogP) is 1.81. The Morgan fingerprint density at radius 2 is 2.05 bits per heavy atom. The van der Waals surface area contributed by atoms with Crippen LogP contribution in [0.15, 0.2) is 9.52 Å². The summed E-state index contributed by atoms with van der Waals surface area (Å²) in [6.45, 7) is 12.2. The zero-order valence-electron chi connectivity index (χ0n) is 14.0. The van der Waals surface area contributed by atoms with Crippen molar-refractivity contribution < 1.29 is 9.26 Å². The van der Waals surface area contributed by atoms with E-state index in [9.17, 15) is 0 Å². The van der Waals surface area contributed by atoms with Gasteiger partial charge < -0.3 is 19.9 Å². The maximum atomic E-state index is 5.38. The summed E-state index contributed by atoms with van der Waals surface area (Å²) < 4.78 is 10.5. The van der Waals surface area contributed by atoms with Crippen LogP contribution in [0, 0.1) is 13.8 Å². The van der Waals surface area contributed by atoms with Crippen LogP contribution >= 0.6 is 0 Å². The predicted molar refractivity (Wildman–Crippen MR) is 84.8 cm³/mol. The van der Waals surface area contributed by atoms with Gasteiger partial charge in [-0.1, -0.05) is 5.16 Å². The van der Waals surface area contributed by atoms with Crippen molar-refractivity contribution in [2.45, 2.75) is 46.6 Å². The number of ether oxygens (including phenoxy) is 1. The molecule has 120 valence electrons. The molecular formula is C15H28N4O2. The fraction of sp³-hybridized carbons (Fsp3) is 0.733. The number of guanidine groups is 1. The van der Waals surface area contributed by atoms with Gasteiger partial charge in [-0.25, -0.2) is 0 Å². The fourth-order valence-corrected chi connectivity index (χ4v) is 1.84. The van der Waals surface area contributed by atoms with E-state index in [1.54, 1.807) is 7.11 Å². The lowest BCUT2D eigenvalue weighted by Gasteiger charge is -2.21. The second kappa shape index (κ2) is 8.02. The molecule has 0 spiro atoms. The van der Waals surface area contributed by atoms with E-state index in [-0.39, 0.29) is 5.60 Å². The summed E-state index contributed by atoms with van der Waals surface area (Å²) in [4.78, 5) is 4.55. The van der Waals surface area contributed by atoms with Crippen molar-refractivity contribution in [3.63, 3.8) is 0 Å². The van der Waals surface area contributed by atoms with Gasteiger partial charge in [-0.2, -0.15) is 0 Å². The molecule has 21 heavy (non-hydrogen) atoms. The number of hydrogen-bond donors (Lipinski definition) is 2. The highest BCUT2D eigenvalue weighted by Crippen LogP contribution is 2.12. The second-order valence-electron chi connectivity index (χ2n) is 5.64. The maximum Gasteiger partial charge on any atom is 0.191 e. The standard InChI is InChI=1S/C15H28N4O2/c1-7-16-14(18-10-15(4,5)20-6)17-9-8-13-11(2)19-21-12(13)3/h7-10H2,1-6H3,(H2,16,17,18). The zero-order valence-corrected chi connectivity index (χ0v) is 14.0. The van der Waals surface area contributed by atoms with Crippen molar-refractivity contribution in [3.05, 3.63) is 17.0 Å². The van der Waals surface area contributed by atoms with Crippen LogP contribution in [0.25, 0.3) is 0 Å². The van der Waals surface area contributed by atoms with E-state index in [2.05, 4.69) is 20.8 Å². The van der Waals surface area contributed by atoms with Crippen LogP contribution in [0.1, 0.15) is 37.8 Å². The molecule has 1 heterocycles. The molecule has 1 aromatic heterocycles. The Morgan fingerprint density at radius 1 is 1.33 bits per heavy atom. The molecule has 0 aromatic carbocycles. The molecule has 1 aromatic rings.